The zero-order valence-electron chi connectivity index (χ0n) is 14.4. The van der Waals surface area contributed by atoms with E-state index in [1.165, 1.54) is 49.7 Å². The molecule has 1 aromatic rings. The summed E-state index contributed by atoms with van der Waals surface area (Å²) in [5, 5.41) is 12.4. The van der Waals surface area contributed by atoms with E-state index in [0.717, 1.165) is 12.8 Å². The molecule has 0 aromatic heterocycles. The van der Waals surface area contributed by atoms with Gasteiger partial charge in [-0.05, 0) is 67.9 Å². The maximum Gasteiger partial charge on any atom is 0.323 e. The van der Waals surface area contributed by atoms with Gasteiger partial charge in [0.15, 0.2) is 0 Å². The Kier molecular flexibility index (Phi) is 3.73. The number of hydrogen-bond donors (Lipinski definition) is 2. The van der Waals surface area contributed by atoms with Crippen molar-refractivity contribution in [2.24, 2.45) is 0 Å². The van der Waals surface area contributed by atoms with Gasteiger partial charge in [-0.3, -0.25) is 10.1 Å². The lowest BCUT2D eigenvalue weighted by molar-refractivity contribution is -0.140. The van der Waals surface area contributed by atoms with Gasteiger partial charge in [-0.25, -0.2) is 0 Å². The normalized spacial score (nSPS) is 33.4. The summed E-state index contributed by atoms with van der Waals surface area (Å²) < 4.78 is 5.80. The Morgan fingerprint density at radius 1 is 1.04 bits per heavy atom. The minimum Gasteiger partial charge on any atom is -0.480 e. The van der Waals surface area contributed by atoms with Crippen molar-refractivity contribution in [3.05, 3.63) is 35.4 Å². The first-order chi connectivity index (χ1) is 11.5. The molecule has 0 saturated heterocycles. The molecule has 1 aromatic carbocycles. The molecule has 0 amide bonds. The summed E-state index contributed by atoms with van der Waals surface area (Å²) in [6, 6.07) is 8.87. The van der Waals surface area contributed by atoms with Crippen LogP contribution in [-0.2, 0) is 21.5 Å². The lowest BCUT2D eigenvalue weighted by Crippen LogP contribution is -2.49. The van der Waals surface area contributed by atoms with E-state index in [4.69, 9.17) is 4.74 Å². The largest absolute Gasteiger partial charge is 0.480 e. The standard InChI is InChI=1S/C20H27NO3/c1-24-19-9-6-18(7-10-19,8-11-19)16-4-2-15(3-5-16)14-21-20(12-13-20)17(22)23/h2-5,21H,6-14H2,1H3,(H,22,23). The molecular weight excluding hydrogens is 302 g/mol. The molecule has 4 heteroatoms. The molecule has 2 bridgehead atoms. The molecular formula is C20H27NO3. The molecule has 4 aliphatic rings. The Morgan fingerprint density at radius 3 is 2.08 bits per heavy atom. The van der Waals surface area contributed by atoms with Crippen LogP contribution < -0.4 is 5.32 Å². The Balaban J connectivity index is 1.42. The van der Waals surface area contributed by atoms with Crippen LogP contribution >= 0.6 is 0 Å². The van der Waals surface area contributed by atoms with Crippen molar-refractivity contribution in [2.45, 2.75) is 74.5 Å². The summed E-state index contributed by atoms with van der Waals surface area (Å²) in [6.07, 6.45) is 8.67. The highest BCUT2D eigenvalue weighted by atomic mass is 16.5. The van der Waals surface area contributed by atoms with Crippen LogP contribution in [0.3, 0.4) is 0 Å². The van der Waals surface area contributed by atoms with E-state index < -0.39 is 11.5 Å². The molecule has 4 fully saturated rings. The lowest BCUT2D eigenvalue weighted by atomic mass is 9.56. The van der Waals surface area contributed by atoms with Crippen LogP contribution in [-0.4, -0.2) is 29.3 Å². The SMILES string of the molecule is COC12CCC(c3ccc(CNC4(C(=O)O)CC4)cc3)(CC1)CC2. The Labute approximate surface area is 143 Å². The van der Waals surface area contributed by atoms with Crippen LogP contribution in [0.5, 0.6) is 0 Å². The monoisotopic (exact) mass is 329 g/mol. The summed E-state index contributed by atoms with van der Waals surface area (Å²) in [7, 11) is 1.86. The molecule has 0 unspecified atom stereocenters. The number of carboxylic acid groups (broad SMARTS) is 1. The van der Waals surface area contributed by atoms with Crippen molar-refractivity contribution in [1.29, 1.82) is 0 Å². The molecule has 0 aliphatic heterocycles. The van der Waals surface area contributed by atoms with Crippen molar-refractivity contribution >= 4 is 5.97 Å². The molecule has 0 radical (unpaired) electrons. The van der Waals surface area contributed by atoms with Gasteiger partial charge in [0.05, 0.1) is 5.60 Å². The average molecular weight is 329 g/mol. The van der Waals surface area contributed by atoms with Crippen LogP contribution in [0.15, 0.2) is 24.3 Å². The Hall–Kier alpha value is -1.39. The smallest absolute Gasteiger partial charge is 0.323 e. The summed E-state index contributed by atoms with van der Waals surface area (Å²) in [5.74, 6) is -0.718. The first kappa shape index (κ1) is 16.1. The minimum atomic E-state index is -0.718. The van der Waals surface area contributed by atoms with Crippen molar-refractivity contribution in [1.82, 2.24) is 5.32 Å². The fraction of sp³-hybridized carbons (Fsp3) is 0.650. The molecule has 4 nitrogen and oxygen atoms in total. The third-order valence-corrected chi connectivity index (χ3v) is 6.97. The topological polar surface area (TPSA) is 58.6 Å². The molecule has 0 spiro atoms. The van der Waals surface area contributed by atoms with E-state index in [-0.39, 0.29) is 5.60 Å². The first-order valence-corrected chi connectivity index (χ1v) is 9.15. The summed E-state index contributed by atoms with van der Waals surface area (Å²) >= 11 is 0. The van der Waals surface area contributed by atoms with Gasteiger partial charge in [-0.2, -0.15) is 0 Å². The third-order valence-electron chi connectivity index (χ3n) is 6.97. The number of nitrogens with one attached hydrogen (secondary N) is 1. The molecule has 130 valence electrons. The van der Waals surface area contributed by atoms with Gasteiger partial charge in [0.1, 0.15) is 5.54 Å². The maximum absolute atomic E-state index is 11.2. The van der Waals surface area contributed by atoms with Crippen molar-refractivity contribution in [2.75, 3.05) is 7.11 Å². The van der Waals surface area contributed by atoms with Gasteiger partial charge in [0, 0.05) is 13.7 Å². The Morgan fingerprint density at radius 2 is 1.62 bits per heavy atom. The second kappa shape index (κ2) is 5.57. The van der Waals surface area contributed by atoms with Gasteiger partial charge in [0.2, 0.25) is 0 Å². The van der Waals surface area contributed by atoms with Gasteiger partial charge in [-0.15, -0.1) is 0 Å². The van der Waals surface area contributed by atoms with Gasteiger partial charge in [-0.1, -0.05) is 24.3 Å². The summed E-state index contributed by atoms with van der Waals surface area (Å²) in [6.45, 7) is 0.631. The predicted molar refractivity (Wildman–Crippen MR) is 92.0 cm³/mol. The number of hydrogen-bond acceptors (Lipinski definition) is 3. The van der Waals surface area contributed by atoms with E-state index in [0.29, 0.717) is 12.0 Å². The van der Waals surface area contributed by atoms with Crippen molar-refractivity contribution in [3.8, 4) is 0 Å². The number of fused-ring (bicyclic) bond motifs is 3. The van der Waals surface area contributed by atoms with E-state index in [9.17, 15) is 9.90 Å². The van der Waals surface area contributed by atoms with Crippen LogP contribution in [0, 0.1) is 0 Å². The van der Waals surface area contributed by atoms with Crippen molar-refractivity contribution in [3.63, 3.8) is 0 Å². The van der Waals surface area contributed by atoms with Gasteiger partial charge in [0.25, 0.3) is 0 Å². The molecule has 2 N–H and O–H groups in total. The van der Waals surface area contributed by atoms with E-state index in [2.05, 4.69) is 29.6 Å². The molecule has 4 saturated carbocycles. The second-order valence-corrected chi connectivity index (χ2v) is 8.11. The molecule has 0 atom stereocenters. The quantitative estimate of drug-likeness (QED) is 0.840. The number of carbonyl (C=O) groups is 1. The first-order valence-electron chi connectivity index (χ1n) is 9.15. The van der Waals surface area contributed by atoms with E-state index in [1.807, 2.05) is 7.11 Å². The highest BCUT2D eigenvalue weighted by Gasteiger charge is 2.50. The predicted octanol–water partition coefficient (Wildman–Crippen LogP) is 3.38. The highest BCUT2D eigenvalue weighted by Crippen LogP contribution is 2.54. The van der Waals surface area contributed by atoms with E-state index >= 15 is 0 Å². The van der Waals surface area contributed by atoms with E-state index in [1.54, 1.807) is 0 Å². The Bertz CT molecular complexity index is 608. The average Bonchev–Trinajstić information content (AvgIpc) is 3.43. The fourth-order valence-corrected chi connectivity index (χ4v) is 4.73. The molecule has 5 rings (SSSR count). The molecule has 4 aliphatic carbocycles. The maximum atomic E-state index is 11.2. The number of ether oxygens (including phenoxy) is 1. The zero-order valence-corrected chi connectivity index (χ0v) is 14.4. The minimum absolute atomic E-state index is 0.154. The van der Waals surface area contributed by atoms with Crippen LogP contribution in [0.2, 0.25) is 0 Å². The zero-order chi connectivity index (χ0) is 16.8. The second-order valence-electron chi connectivity index (χ2n) is 8.11. The van der Waals surface area contributed by atoms with Crippen LogP contribution in [0.4, 0.5) is 0 Å². The number of methoxy groups -OCH3 is 1. The molecule has 0 heterocycles. The van der Waals surface area contributed by atoms with Gasteiger partial charge >= 0.3 is 5.97 Å². The van der Waals surface area contributed by atoms with Crippen LogP contribution in [0.1, 0.15) is 62.5 Å². The number of aliphatic carboxylic acids is 1. The summed E-state index contributed by atoms with van der Waals surface area (Å²) in [5.41, 5.74) is 2.45. The number of benzene rings is 1. The summed E-state index contributed by atoms with van der Waals surface area (Å²) in [4.78, 5) is 11.2. The third kappa shape index (κ3) is 2.56. The number of rotatable bonds is 6. The van der Waals surface area contributed by atoms with Crippen molar-refractivity contribution < 1.29 is 14.6 Å². The number of carboxylic acids is 1. The fourth-order valence-electron chi connectivity index (χ4n) is 4.73. The molecule has 24 heavy (non-hydrogen) atoms. The van der Waals surface area contributed by atoms with Crippen LogP contribution in [0.25, 0.3) is 0 Å². The van der Waals surface area contributed by atoms with Gasteiger partial charge < -0.3 is 9.84 Å². The highest BCUT2D eigenvalue weighted by molar-refractivity contribution is 5.82. The lowest BCUT2D eigenvalue weighted by Gasteiger charge is -2.53.